The van der Waals surface area contributed by atoms with Crippen molar-refractivity contribution in [2.45, 2.75) is 11.8 Å². The molecule has 0 amide bonds. The molecule has 3 rings (SSSR count). The minimum absolute atomic E-state index is 0. The number of halogens is 1. The molecule has 0 atom stereocenters. The van der Waals surface area contributed by atoms with Crippen molar-refractivity contribution < 1.29 is 18.1 Å². The average molecular weight is 416 g/mol. The van der Waals surface area contributed by atoms with Crippen LogP contribution in [0.15, 0.2) is 63.7 Å². The molecule has 0 aromatic heterocycles. The molecule has 6 nitrogen and oxygen atoms in total. The number of rotatable bonds is 3. The summed E-state index contributed by atoms with van der Waals surface area (Å²) in [4.78, 5) is -0.516. The maximum absolute atomic E-state index is 11.5. The van der Waals surface area contributed by atoms with Crippen LogP contribution >= 0.6 is 11.6 Å². The maximum Gasteiger partial charge on any atom is 2.00 e. The molecule has 0 fully saturated rings. The quantitative estimate of drug-likeness (QED) is 0.388. The summed E-state index contributed by atoms with van der Waals surface area (Å²) < 4.78 is 34.4. The second kappa shape index (κ2) is 8.21. The van der Waals surface area contributed by atoms with Gasteiger partial charge in [0.1, 0.15) is 27.2 Å². The molecule has 1 N–H and O–H groups in total. The van der Waals surface area contributed by atoms with Gasteiger partial charge in [-0.2, -0.15) is 0 Å². The zero-order valence-corrected chi connectivity index (χ0v) is 17.5. The van der Waals surface area contributed by atoms with Crippen LogP contribution in [-0.4, -0.2) is 55.8 Å². The van der Waals surface area contributed by atoms with Gasteiger partial charge in [0.25, 0.3) is 0 Å². The Morgan fingerprint density at radius 1 is 1.08 bits per heavy atom. The third-order valence-corrected chi connectivity index (χ3v) is 4.92. The molecule has 0 aliphatic carbocycles. The van der Waals surface area contributed by atoms with Gasteiger partial charge in [-0.3, -0.25) is 0 Å². The number of phenolic OH excluding ortho intramolecular Hbond substituents is 1. The van der Waals surface area contributed by atoms with Crippen molar-refractivity contribution in [1.82, 2.24) is 0 Å². The molecule has 0 saturated heterocycles. The fraction of sp³-hybridized carbons (Fsp3) is 0.0588. The first-order chi connectivity index (χ1) is 11.8. The van der Waals surface area contributed by atoms with E-state index >= 15 is 0 Å². The van der Waals surface area contributed by atoms with E-state index in [1.54, 1.807) is 25.1 Å². The van der Waals surface area contributed by atoms with E-state index in [-0.39, 0.29) is 59.9 Å². The first kappa shape index (κ1) is 21.1. The van der Waals surface area contributed by atoms with E-state index in [0.29, 0.717) is 10.9 Å². The zero-order valence-electron chi connectivity index (χ0n) is 13.7. The van der Waals surface area contributed by atoms with Crippen molar-refractivity contribution in [2.24, 2.45) is 10.2 Å². The normalized spacial score (nSPS) is 11.7. The fourth-order valence-corrected chi connectivity index (χ4v) is 3.21. The van der Waals surface area contributed by atoms with Crippen LogP contribution in [-0.2, 0) is 10.1 Å². The molecular weight excluding hydrogens is 404 g/mol. The Labute approximate surface area is 185 Å². The number of fused-ring (bicyclic) bond motifs is 1. The Hall–Kier alpha value is -1.22. The number of azo groups is 1. The van der Waals surface area contributed by atoms with Gasteiger partial charge in [0.2, 0.25) is 0 Å². The molecule has 0 aliphatic heterocycles. The van der Waals surface area contributed by atoms with Crippen LogP contribution in [0.3, 0.4) is 0 Å². The number of nitrogens with zero attached hydrogens (tertiary/aromatic N) is 2. The number of phenols is 1. The van der Waals surface area contributed by atoms with Gasteiger partial charge < -0.3 is 9.66 Å². The van der Waals surface area contributed by atoms with Crippen LogP contribution in [0.2, 0.25) is 5.02 Å². The predicted molar refractivity (Wildman–Crippen MR) is 99.7 cm³/mol. The van der Waals surface area contributed by atoms with Crippen LogP contribution < -0.4 is 0 Å². The van der Waals surface area contributed by atoms with Gasteiger partial charge in [0.05, 0.1) is 4.90 Å². The van der Waals surface area contributed by atoms with Gasteiger partial charge in [0, 0.05) is 10.4 Å². The Bertz CT molecular complexity index is 1120. The smallest absolute Gasteiger partial charge is 0.744 e. The minimum Gasteiger partial charge on any atom is -0.744 e. The molecule has 0 heterocycles. The maximum atomic E-state index is 11.5. The van der Waals surface area contributed by atoms with E-state index in [9.17, 15) is 18.1 Å². The zero-order chi connectivity index (χ0) is 18.2. The van der Waals surface area contributed by atoms with E-state index in [0.717, 1.165) is 11.5 Å². The molecule has 0 unspecified atom stereocenters. The third-order valence-electron chi connectivity index (χ3n) is 3.65. The Balaban J connectivity index is 0.00000243. The van der Waals surface area contributed by atoms with Crippen LogP contribution in [0.5, 0.6) is 5.75 Å². The second-order valence-electron chi connectivity index (χ2n) is 5.38. The molecule has 0 saturated carbocycles. The third kappa shape index (κ3) is 4.36. The van der Waals surface area contributed by atoms with Crippen molar-refractivity contribution in [2.75, 3.05) is 0 Å². The molecular formula is C17H12CaClN2O4S+. The number of aromatic hydroxyl groups is 1. The Morgan fingerprint density at radius 2 is 1.77 bits per heavy atom. The van der Waals surface area contributed by atoms with E-state index in [2.05, 4.69) is 10.2 Å². The van der Waals surface area contributed by atoms with Crippen LogP contribution in [0.4, 0.5) is 11.4 Å². The monoisotopic (exact) mass is 415 g/mol. The summed E-state index contributed by atoms with van der Waals surface area (Å²) in [5, 5.41) is 19.6. The Kier molecular flexibility index (Phi) is 6.65. The summed E-state index contributed by atoms with van der Waals surface area (Å²) >= 11 is 6.00. The molecule has 3 aromatic rings. The predicted octanol–water partition coefficient (Wildman–Crippen LogP) is 4.45. The summed E-state index contributed by atoms with van der Waals surface area (Å²) in [6.07, 6.45) is 0. The van der Waals surface area contributed by atoms with Gasteiger partial charge in [-0.1, -0.05) is 41.9 Å². The van der Waals surface area contributed by atoms with Crippen LogP contribution in [0.1, 0.15) is 5.56 Å². The summed E-state index contributed by atoms with van der Waals surface area (Å²) in [5.74, 6) is -0.118. The second-order valence-corrected chi connectivity index (χ2v) is 7.13. The van der Waals surface area contributed by atoms with E-state index in [4.69, 9.17) is 11.6 Å². The molecule has 26 heavy (non-hydrogen) atoms. The first-order valence-corrected chi connectivity index (χ1v) is 8.94. The summed E-state index contributed by atoms with van der Waals surface area (Å²) in [5.41, 5.74) is 0.421. The minimum atomic E-state index is -4.75. The standard InChI is InChI=1S/C17H13ClN2O4S.Ca/c1-10-8-16(25(22,23)24)14(9-13(10)18)19-20-17-12-5-3-2-4-11(12)6-7-15(17)21;/h2-9,21H,1H3,(H,22,23,24);/q;+2/p-1. The van der Waals surface area contributed by atoms with Crippen molar-refractivity contribution in [1.29, 1.82) is 0 Å². The fourth-order valence-electron chi connectivity index (χ4n) is 2.38. The molecule has 0 bridgehead atoms. The van der Waals surface area contributed by atoms with Gasteiger partial charge in [-0.05, 0) is 36.1 Å². The number of benzene rings is 3. The topological polar surface area (TPSA) is 102 Å². The van der Waals surface area contributed by atoms with Gasteiger partial charge in [-0.25, -0.2) is 8.42 Å². The average Bonchev–Trinajstić information content (AvgIpc) is 2.55. The first-order valence-electron chi connectivity index (χ1n) is 7.16. The van der Waals surface area contributed by atoms with Gasteiger partial charge in [-0.15, -0.1) is 10.2 Å². The van der Waals surface area contributed by atoms with Gasteiger partial charge in [0.15, 0.2) is 0 Å². The van der Waals surface area contributed by atoms with E-state index in [1.807, 2.05) is 12.1 Å². The number of aryl methyl sites for hydroxylation is 1. The van der Waals surface area contributed by atoms with Crippen LogP contribution in [0, 0.1) is 6.92 Å². The summed E-state index contributed by atoms with van der Waals surface area (Å²) in [6, 6.07) is 12.8. The molecule has 0 aliphatic rings. The van der Waals surface area contributed by atoms with Gasteiger partial charge >= 0.3 is 37.7 Å². The summed E-state index contributed by atoms with van der Waals surface area (Å²) in [6.45, 7) is 1.58. The molecule has 3 aromatic carbocycles. The Morgan fingerprint density at radius 3 is 2.46 bits per heavy atom. The van der Waals surface area contributed by atoms with Crippen molar-refractivity contribution >= 4 is 81.6 Å². The van der Waals surface area contributed by atoms with E-state index < -0.39 is 15.0 Å². The van der Waals surface area contributed by atoms with Crippen molar-refractivity contribution in [3.63, 3.8) is 0 Å². The SMILES string of the molecule is Cc1cc(S(=O)(=O)[O-])c(N=Nc2c(O)ccc3ccccc23)cc1Cl.[Ca+2]. The molecule has 0 radical (unpaired) electrons. The summed E-state index contributed by atoms with van der Waals surface area (Å²) in [7, 11) is -4.75. The molecule has 9 heteroatoms. The largest absolute Gasteiger partial charge is 2.00 e. The van der Waals surface area contributed by atoms with Crippen molar-refractivity contribution in [3.8, 4) is 5.75 Å². The van der Waals surface area contributed by atoms with Crippen LogP contribution in [0.25, 0.3) is 10.8 Å². The van der Waals surface area contributed by atoms with E-state index in [1.165, 1.54) is 12.1 Å². The number of hydrogen-bond acceptors (Lipinski definition) is 6. The molecule has 128 valence electrons. The molecule has 0 spiro atoms. The van der Waals surface area contributed by atoms with Crippen molar-refractivity contribution in [3.05, 3.63) is 59.1 Å². The number of hydrogen-bond donors (Lipinski definition) is 1.